The van der Waals surface area contributed by atoms with Gasteiger partial charge in [-0.2, -0.15) is 5.26 Å². The first kappa shape index (κ1) is 20.9. The largest absolute Gasteiger partial charge is 0.487 e. The van der Waals surface area contributed by atoms with Crippen LogP contribution in [-0.4, -0.2) is 12.5 Å². The van der Waals surface area contributed by atoms with Crippen molar-refractivity contribution in [2.24, 2.45) is 0 Å². The molecule has 0 saturated heterocycles. The molecule has 0 radical (unpaired) electrons. The lowest BCUT2D eigenvalue weighted by Crippen LogP contribution is -2.13. The number of carbonyl (C=O) groups excluding carboxylic acids is 1. The lowest BCUT2D eigenvalue weighted by Gasteiger charge is -2.10. The molecule has 2 rings (SSSR count). The van der Waals surface area contributed by atoms with Gasteiger partial charge in [-0.15, -0.1) is 0 Å². The van der Waals surface area contributed by atoms with E-state index in [0.29, 0.717) is 32.6 Å². The monoisotopic (exact) mass is 488 g/mol. The fourth-order valence-corrected chi connectivity index (χ4v) is 3.73. The number of anilines is 1. The lowest BCUT2D eigenvalue weighted by atomic mass is 10.1. The molecule has 1 N–H and O–H groups in total. The molecule has 0 heterocycles. The average Bonchev–Trinajstić information content (AvgIpc) is 2.62. The van der Waals surface area contributed by atoms with Crippen molar-refractivity contribution in [3.05, 3.63) is 74.2 Å². The van der Waals surface area contributed by atoms with E-state index in [1.54, 1.807) is 18.2 Å². The van der Waals surface area contributed by atoms with E-state index in [0.717, 1.165) is 11.1 Å². The molecule has 0 saturated carbocycles. The number of amides is 1. The van der Waals surface area contributed by atoms with Crippen LogP contribution in [0.1, 0.15) is 16.7 Å². The van der Waals surface area contributed by atoms with Crippen molar-refractivity contribution in [3.8, 4) is 11.8 Å². The third-order valence-electron chi connectivity index (χ3n) is 3.81. The molecule has 0 unspecified atom stereocenters. The number of nitriles is 1. The Morgan fingerprint density at radius 1 is 1.22 bits per heavy atom. The SMILES string of the molecule is C=CCOc1c(Br)cc(/C=C(\C#N)C(=O)Nc2ccc(C)c(C)c2)cc1Br. The molecule has 2 aromatic rings. The van der Waals surface area contributed by atoms with Gasteiger partial charge in [-0.05, 0) is 92.7 Å². The highest BCUT2D eigenvalue weighted by atomic mass is 79.9. The zero-order valence-electron chi connectivity index (χ0n) is 15.0. The van der Waals surface area contributed by atoms with Crippen LogP contribution in [-0.2, 0) is 4.79 Å². The normalized spacial score (nSPS) is 10.9. The summed E-state index contributed by atoms with van der Waals surface area (Å²) in [6.45, 7) is 7.96. The summed E-state index contributed by atoms with van der Waals surface area (Å²) in [6.07, 6.45) is 3.18. The Morgan fingerprint density at radius 2 is 1.89 bits per heavy atom. The van der Waals surface area contributed by atoms with Crippen molar-refractivity contribution >= 4 is 49.5 Å². The minimum Gasteiger partial charge on any atom is -0.487 e. The first-order valence-electron chi connectivity index (χ1n) is 8.09. The summed E-state index contributed by atoms with van der Waals surface area (Å²) in [5, 5.41) is 12.2. The molecular formula is C21H18Br2N2O2. The Hall–Kier alpha value is -2.36. The van der Waals surface area contributed by atoms with Crippen molar-refractivity contribution < 1.29 is 9.53 Å². The number of benzene rings is 2. The topological polar surface area (TPSA) is 62.1 Å². The van der Waals surface area contributed by atoms with Gasteiger partial charge in [0, 0.05) is 5.69 Å². The van der Waals surface area contributed by atoms with Gasteiger partial charge >= 0.3 is 0 Å². The van der Waals surface area contributed by atoms with Crippen LogP contribution in [0.2, 0.25) is 0 Å². The molecular weight excluding hydrogens is 472 g/mol. The smallest absolute Gasteiger partial charge is 0.266 e. The lowest BCUT2D eigenvalue weighted by molar-refractivity contribution is -0.112. The van der Waals surface area contributed by atoms with Crippen molar-refractivity contribution in [3.63, 3.8) is 0 Å². The number of nitrogens with one attached hydrogen (secondary N) is 1. The van der Waals surface area contributed by atoms with Gasteiger partial charge in [0.2, 0.25) is 0 Å². The number of halogens is 2. The van der Waals surface area contributed by atoms with E-state index in [9.17, 15) is 10.1 Å². The van der Waals surface area contributed by atoms with Crippen LogP contribution in [0.5, 0.6) is 5.75 Å². The second-order valence-corrected chi connectivity index (χ2v) is 7.55. The Bertz CT molecular complexity index is 936. The van der Waals surface area contributed by atoms with Crippen LogP contribution >= 0.6 is 31.9 Å². The van der Waals surface area contributed by atoms with E-state index >= 15 is 0 Å². The third-order valence-corrected chi connectivity index (χ3v) is 4.99. The number of nitrogens with zero attached hydrogens (tertiary/aromatic N) is 1. The van der Waals surface area contributed by atoms with Gasteiger partial charge in [0.15, 0.2) is 0 Å². The Labute approximate surface area is 175 Å². The zero-order chi connectivity index (χ0) is 20.0. The highest BCUT2D eigenvalue weighted by molar-refractivity contribution is 9.11. The molecule has 0 aliphatic rings. The molecule has 0 bridgehead atoms. The van der Waals surface area contributed by atoms with Gasteiger partial charge in [-0.25, -0.2) is 0 Å². The van der Waals surface area contributed by atoms with E-state index in [1.165, 1.54) is 6.08 Å². The van der Waals surface area contributed by atoms with Crippen LogP contribution < -0.4 is 10.1 Å². The summed E-state index contributed by atoms with van der Waals surface area (Å²) in [5.74, 6) is 0.171. The molecule has 138 valence electrons. The van der Waals surface area contributed by atoms with Gasteiger partial charge in [0.25, 0.3) is 5.91 Å². The molecule has 0 atom stereocenters. The molecule has 1 amide bonds. The number of carbonyl (C=O) groups is 1. The first-order chi connectivity index (χ1) is 12.8. The molecule has 0 spiro atoms. The molecule has 2 aromatic carbocycles. The number of rotatable bonds is 6. The summed E-state index contributed by atoms with van der Waals surface area (Å²) in [4.78, 5) is 12.5. The van der Waals surface area contributed by atoms with Crippen molar-refractivity contribution in [2.45, 2.75) is 13.8 Å². The average molecular weight is 490 g/mol. The number of hydrogen-bond donors (Lipinski definition) is 1. The van der Waals surface area contributed by atoms with E-state index in [2.05, 4.69) is 43.8 Å². The van der Waals surface area contributed by atoms with Crippen LogP contribution in [0.25, 0.3) is 6.08 Å². The van der Waals surface area contributed by atoms with Crippen molar-refractivity contribution in [1.82, 2.24) is 0 Å². The standard InChI is InChI=1S/C21H18Br2N2O2/c1-4-7-27-20-18(22)10-15(11-19(20)23)9-16(12-24)21(26)25-17-6-5-13(2)14(3)8-17/h4-6,8-11H,1,7H2,2-3H3,(H,25,26)/b16-9+. The fourth-order valence-electron chi connectivity index (χ4n) is 2.28. The maximum Gasteiger partial charge on any atom is 0.266 e. The molecule has 4 nitrogen and oxygen atoms in total. The highest BCUT2D eigenvalue weighted by Crippen LogP contribution is 2.35. The van der Waals surface area contributed by atoms with Gasteiger partial charge in [0.05, 0.1) is 8.95 Å². The zero-order valence-corrected chi connectivity index (χ0v) is 18.1. The minimum atomic E-state index is -0.458. The predicted molar refractivity (Wildman–Crippen MR) is 116 cm³/mol. The number of ether oxygens (including phenoxy) is 1. The Kier molecular flexibility index (Phi) is 7.40. The van der Waals surface area contributed by atoms with Crippen molar-refractivity contribution in [2.75, 3.05) is 11.9 Å². The maximum atomic E-state index is 12.5. The van der Waals surface area contributed by atoms with Gasteiger partial charge < -0.3 is 10.1 Å². The number of aryl methyl sites for hydroxylation is 2. The summed E-state index contributed by atoms with van der Waals surface area (Å²) in [6, 6.07) is 11.1. The first-order valence-corrected chi connectivity index (χ1v) is 9.67. The Morgan fingerprint density at radius 3 is 2.44 bits per heavy atom. The molecule has 6 heteroatoms. The summed E-state index contributed by atoms with van der Waals surface area (Å²) < 4.78 is 6.98. The second-order valence-electron chi connectivity index (χ2n) is 5.84. The number of hydrogen-bond acceptors (Lipinski definition) is 3. The maximum absolute atomic E-state index is 12.5. The van der Waals surface area contributed by atoms with Gasteiger partial charge in [-0.1, -0.05) is 18.7 Å². The van der Waals surface area contributed by atoms with E-state index in [1.807, 2.05) is 38.1 Å². The quantitative estimate of drug-likeness (QED) is 0.310. The molecule has 0 aliphatic heterocycles. The van der Waals surface area contributed by atoms with Gasteiger partial charge in [0.1, 0.15) is 24.0 Å². The van der Waals surface area contributed by atoms with E-state index < -0.39 is 5.91 Å². The van der Waals surface area contributed by atoms with Crippen molar-refractivity contribution in [1.29, 1.82) is 5.26 Å². The molecule has 0 fully saturated rings. The fraction of sp³-hybridized carbons (Fsp3) is 0.143. The van der Waals surface area contributed by atoms with Crippen LogP contribution in [0.15, 0.2) is 57.5 Å². The van der Waals surface area contributed by atoms with Gasteiger partial charge in [-0.3, -0.25) is 4.79 Å². The Balaban J connectivity index is 2.26. The van der Waals surface area contributed by atoms with Crippen LogP contribution in [0, 0.1) is 25.2 Å². The summed E-state index contributed by atoms with van der Waals surface area (Å²) in [5.41, 5.74) is 3.55. The molecule has 27 heavy (non-hydrogen) atoms. The molecule has 0 aromatic heterocycles. The second kappa shape index (κ2) is 9.54. The summed E-state index contributed by atoms with van der Waals surface area (Å²) >= 11 is 6.89. The van der Waals surface area contributed by atoms with Crippen LogP contribution in [0.3, 0.4) is 0 Å². The highest BCUT2D eigenvalue weighted by Gasteiger charge is 2.12. The van der Waals surface area contributed by atoms with E-state index in [4.69, 9.17) is 4.74 Å². The van der Waals surface area contributed by atoms with E-state index in [-0.39, 0.29) is 5.57 Å². The molecule has 0 aliphatic carbocycles. The predicted octanol–water partition coefficient (Wildman–Crippen LogP) is 5.94. The summed E-state index contributed by atoms with van der Waals surface area (Å²) in [7, 11) is 0. The minimum absolute atomic E-state index is 0.00629. The third kappa shape index (κ3) is 5.56. The van der Waals surface area contributed by atoms with Crippen LogP contribution in [0.4, 0.5) is 5.69 Å².